The van der Waals surface area contributed by atoms with Gasteiger partial charge in [0.05, 0.1) is 30.0 Å². The predicted octanol–water partition coefficient (Wildman–Crippen LogP) is 5.46. The van der Waals surface area contributed by atoms with Crippen molar-refractivity contribution in [1.29, 1.82) is 0 Å². The molecule has 4 rings (SSSR count). The van der Waals surface area contributed by atoms with Gasteiger partial charge >= 0.3 is 0 Å². The van der Waals surface area contributed by atoms with Crippen LogP contribution in [-0.2, 0) is 10.5 Å². The molecule has 32 heavy (non-hydrogen) atoms. The van der Waals surface area contributed by atoms with Crippen molar-refractivity contribution in [2.24, 2.45) is 0 Å². The smallest absolute Gasteiger partial charge is 0.247 e. The van der Waals surface area contributed by atoms with Crippen LogP contribution in [-0.4, -0.2) is 27.6 Å². The zero-order valence-corrected chi connectivity index (χ0v) is 18.6. The number of carbonyl (C=O) groups is 1. The Bertz CT molecular complexity index is 1240. The molecule has 1 atom stereocenters. The average molecular weight is 451 g/mol. The first-order valence-corrected chi connectivity index (χ1v) is 11.2. The Labute approximate surface area is 189 Å². The third-order valence-corrected chi connectivity index (χ3v) is 6.11. The summed E-state index contributed by atoms with van der Waals surface area (Å²) < 4.78 is 20.9. The van der Waals surface area contributed by atoms with E-state index in [2.05, 4.69) is 10.3 Å². The Morgan fingerprint density at radius 2 is 2.06 bits per heavy atom. The van der Waals surface area contributed by atoms with Crippen LogP contribution < -0.4 is 10.1 Å². The van der Waals surface area contributed by atoms with Gasteiger partial charge in [0.25, 0.3) is 0 Å². The van der Waals surface area contributed by atoms with Crippen LogP contribution in [0.3, 0.4) is 0 Å². The van der Waals surface area contributed by atoms with E-state index in [0.29, 0.717) is 28.8 Å². The van der Waals surface area contributed by atoms with Gasteiger partial charge in [-0.25, -0.2) is 9.37 Å². The molecule has 0 spiro atoms. The highest BCUT2D eigenvalue weighted by Crippen LogP contribution is 2.32. The van der Waals surface area contributed by atoms with Crippen LogP contribution >= 0.6 is 11.8 Å². The highest BCUT2D eigenvalue weighted by atomic mass is 32.2. The topological polar surface area (TPSA) is 69.0 Å². The normalized spacial score (nSPS) is 12.0. The molecule has 1 N–H and O–H groups in total. The van der Waals surface area contributed by atoms with Gasteiger partial charge in [-0.2, -0.15) is 0 Å². The second-order valence-electron chi connectivity index (χ2n) is 7.16. The molecule has 0 aliphatic rings. The number of aromatic nitrogens is 3. The number of hydrogen-bond acceptors (Lipinski definition) is 5. The molecule has 0 aliphatic carbocycles. The maximum absolute atomic E-state index is 13.6. The summed E-state index contributed by atoms with van der Waals surface area (Å²) >= 11 is 1.46. The quantitative estimate of drug-likeness (QED) is 0.361. The van der Waals surface area contributed by atoms with Crippen molar-refractivity contribution >= 4 is 34.4 Å². The number of ether oxygens (including phenoxy) is 1. The van der Waals surface area contributed by atoms with Crippen molar-refractivity contribution in [3.8, 4) is 5.75 Å². The third kappa shape index (κ3) is 4.60. The molecule has 2 aromatic heterocycles. The second-order valence-corrected chi connectivity index (χ2v) is 8.10. The Hall–Kier alpha value is -3.39. The molecular formula is C24H23FN4O2S. The van der Waals surface area contributed by atoms with E-state index in [9.17, 15) is 9.18 Å². The van der Waals surface area contributed by atoms with Gasteiger partial charge in [-0.1, -0.05) is 43.0 Å². The van der Waals surface area contributed by atoms with Crippen LogP contribution in [0.1, 0.15) is 24.9 Å². The van der Waals surface area contributed by atoms with Crippen LogP contribution in [0.5, 0.6) is 5.75 Å². The van der Waals surface area contributed by atoms with Crippen molar-refractivity contribution < 1.29 is 13.9 Å². The van der Waals surface area contributed by atoms with Crippen LogP contribution in [0.2, 0.25) is 0 Å². The summed E-state index contributed by atoms with van der Waals surface area (Å²) in [5.74, 6) is 0.670. The zero-order chi connectivity index (χ0) is 22.5. The van der Waals surface area contributed by atoms with Crippen LogP contribution in [0.4, 0.5) is 10.1 Å². The molecule has 4 aromatic rings. The third-order valence-electron chi connectivity index (χ3n) is 5.08. The summed E-state index contributed by atoms with van der Waals surface area (Å²) in [5, 5.41) is 3.66. The molecule has 6 nitrogen and oxygen atoms in total. The minimum Gasteiger partial charge on any atom is -0.495 e. The molecule has 0 bridgehead atoms. The average Bonchev–Trinajstić information content (AvgIpc) is 3.17. The second kappa shape index (κ2) is 9.82. The van der Waals surface area contributed by atoms with E-state index in [1.54, 1.807) is 37.7 Å². The number of methoxy groups -OCH3 is 1. The molecule has 0 fully saturated rings. The summed E-state index contributed by atoms with van der Waals surface area (Å²) in [5.41, 5.74) is 2.98. The zero-order valence-electron chi connectivity index (χ0n) is 17.8. The van der Waals surface area contributed by atoms with E-state index >= 15 is 0 Å². The minimum atomic E-state index is -0.510. The number of fused-ring (bicyclic) bond motifs is 1. The maximum atomic E-state index is 13.6. The van der Waals surface area contributed by atoms with Crippen molar-refractivity contribution in [3.05, 3.63) is 78.4 Å². The molecule has 2 aromatic carbocycles. The number of para-hydroxylation sites is 2. The summed E-state index contributed by atoms with van der Waals surface area (Å²) in [4.78, 5) is 22.3. The highest BCUT2D eigenvalue weighted by molar-refractivity contribution is 7.98. The number of carbonyl (C=O) groups excluding carboxylic acids is 1. The Morgan fingerprint density at radius 1 is 1.22 bits per heavy atom. The SMILES string of the molecule is CC[C@H](C(=O)Nc1ccccc1OC)n1c(SCc2cccc(F)c2)nc2ccncc21. The van der Waals surface area contributed by atoms with Crippen LogP contribution in [0.15, 0.2) is 72.1 Å². The van der Waals surface area contributed by atoms with Crippen LogP contribution in [0.25, 0.3) is 11.0 Å². The van der Waals surface area contributed by atoms with Crippen molar-refractivity contribution in [2.45, 2.75) is 30.3 Å². The number of hydrogen-bond donors (Lipinski definition) is 1. The summed E-state index contributed by atoms with van der Waals surface area (Å²) in [6, 6.07) is 15.1. The Balaban J connectivity index is 1.67. The number of rotatable bonds is 8. The fourth-order valence-electron chi connectivity index (χ4n) is 3.55. The molecule has 0 aliphatic heterocycles. The Kier molecular flexibility index (Phi) is 6.70. The molecule has 164 valence electrons. The van der Waals surface area contributed by atoms with E-state index in [1.165, 1.54) is 23.9 Å². The van der Waals surface area contributed by atoms with Gasteiger partial charge in [-0.15, -0.1) is 0 Å². The fraction of sp³-hybridized carbons (Fsp3) is 0.208. The molecular weight excluding hydrogens is 427 g/mol. The summed E-state index contributed by atoms with van der Waals surface area (Å²) in [6.45, 7) is 1.95. The first-order chi connectivity index (χ1) is 15.6. The van der Waals surface area contributed by atoms with Crippen molar-refractivity contribution in [3.63, 3.8) is 0 Å². The maximum Gasteiger partial charge on any atom is 0.247 e. The molecule has 0 radical (unpaired) electrons. The number of nitrogens with zero attached hydrogens (tertiary/aromatic N) is 3. The molecule has 8 heteroatoms. The molecule has 0 unspecified atom stereocenters. The van der Waals surface area contributed by atoms with Gasteiger partial charge in [0, 0.05) is 11.9 Å². The molecule has 2 heterocycles. The van der Waals surface area contributed by atoms with Gasteiger partial charge < -0.3 is 14.6 Å². The highest BCUT2D eigenvalue weighted by Gasteiger charge is 2.25. The van der Waals surface area contributed by atoms with Gasteiger partial charge in [0.1, 0.15) is 17.6 Å². The summed E-state index contributed by atoms with van der Waals surface area (Å²) in [7, 11) is 1.57. The monoisotopic (exact) mass is 450 g/mol. The lowest BCUT2D eigenvalue weighted by molar-refractivity contribution is -0.119. The van der Waals surface area contributed by atoms with Gasteiger partial charge in [-0.05, 0) is 42.3 Å². The molecule has 0 saturated heterocycles. The number of halogens is 1. The number of thioether (sulfide) groups is 1. The van der Waals surface area contributed by atoms with Crippen LogP contribution in [0, 0.1) is 5.82 Å². The summed E-state index contributed by atoms with van der Waals surface area (Å²) in [6.07, 6.45) is 3.94. The molecule has 0 saturated carbocycles. The fourth-order valence-corrected chi connectivity index (χ4v) is 4.55. The predicted molar refractivity (Wildman–Crippen MR) is 124 cm³/mol. The first-order valence-electron chi connectivity index (χ1n) is 10.2. The largest absolute Gasteiger partial charge is 0.495 e. The van der Waals surface area contributed by atoms with Gasteiger partial charge in [0.15, 0.2) is 5.16 Å². The van der Waals surface area contributed by atoms with E-state index in [4.69, 9.17) is 9.72 Å². The first kappa shape index (κ1) is 21.8. The van der Waals surface area contributed by atoms with E-state index in [0.717, 1.165) is 16.6 Å². The van der Waals surface area contributed by atoms with E-state index in [-0.39, 0.29) is 11.7 Å². The standard InChI is InChI=1S/C24H23FN4O2S/c1-3-20(23(30)27-19-9-4-5-10-22(19)31-2)29-21-14-26-12-11-18(21)28-24(29)32-15-16-7-6-8-17(25)13-16/h4-14,20H,3,15H2,1-2H3,(H,27,30)/t20-/m1/s1. The number of pyridine rings is 1. The minimum absolute atomic E-state index is 0.173. The van der Waals surface area contributed by atoms with Gasteiger partial charge in [0.2, 0.25) is 5.91 Å². The van der Waals surface area contributed by atoms with Gasteiger partial charge in [-0.3, -0.25) is 9.78 Å². The van der Waals surface area contributed by atoms with Crippen molar-refractivity contribution in [2.75, 3.05) is 12.4 Å². The van der Waals surface area contributed by atoms with E-state index < -0.39 is 6.04 Å². The van der Waals surface area contributed by atoms with E-state index in [1.807, 2.05) is 35.8 Å². The lowest BCUT2D eigenvalue weighted by Gasteiger charge is -2.20. The number of imidazole rings is 1. The molecule has 1 amide bonds. The number of amides is 1. The number of benzene rings is 2. The van der Waals surface area contributed by atoms with Crippen molar-refractivity contribution in [1.82, 2.24) is 14.5 Å². The number of nitrogens with one attached hydrogen (secondary N) is 1. The Morgan fingerprint density at radius 3 is 2.84 bits per heavy atom. The number of anilines is 1. The lowest BCUT2D eigenvalue weighted by atomic mass is 10.2. The lowest BCUT2D eigenvalue weighted by Crippen LogP contribution is -2.26.